The molecule has 1 aromatic heterocycles. The van der Waals surface area contributed by atoms with Crippen LogP contribution >= 0.6 is 36.2 Å². The van der Waals surface area contributed by atoms with Gasteiger partial charge in [-0.1, -0.05) is 12.8 Å². The van der Waals surface area contributed by atoms with Crippen molar-refractivity contribution in [2.75, 3.05) is 11.9 Å². The molecule has 2 unspecified atom stereocenters. The molecule has 2 atom stereocenters. The highest BCUT2D eigenvalue weighted by molar-refractivity contribution is 7.14. The van der Waals surface area contributed by atoms with Gasteiger partial charge in [0.05, 0.1) is 0 Å². The van der Waals surface area contributed by atoms with Gasteiger partial charge in [-0.15, -0.1) is 36.2 Å². The highest BCUT2D eigenvalue weighted by Crippen LogP contribution is 2.24. The van der Waals surface area contributed by atoms with Gasteiger partial charge in [0, 0.05) is 18.3 Å². The molecule has 9 heteroatoms. The average molecular weight is 369 g/mol. The number of nitrogens with one attached hydrogen (secondary N) is 2. The fourth-order valence-electron chi connectivity index (χ4n) is 2.51. The molecule has 2 amide bonds. The Balaban J connectivity index is 0.00000220. The topological polar surface area (TPSA) is 97.1 Å². The molecule has 1 aliphatic carbocycles. The Morgan fingerprint density at radius 1 is 1.36 bits per heavy atom. The maximum Gasteiger partial charge on any atom is 0.271 e. The number of aromatic nitrogens is 1. The van der Waals surface area contributed by atoms with Crippen molar-refractivity contribution < 1.29 is 9.59 Å². The largest absolute Gasteiger partial charge is 0.348 e. The summed E-state index contributed by atoms with van der Waals surface area (Å²) in [7, 11) is 0. The van der Waals surface area contributed by atoms with Crippen LogP contribution < -0.4 is 16.4 Å². The summed E-state index contributed by atoms with van der Waals surface area (Å²) in [6.07, 6.45) is 4.33. The molecule has 0 radical (unpaired) electrons. The number of halogens is 2. The van der Waals surface area contributed by atoms with Crippen molar-refractivity contribution in [1.82, 2.24) is 10.3 Å². The Morgan fingerprint density at radius 3 is 2.68 bits per heavy atom. The van der Waals surface area contributed by atoms with Gasteiger partial charge in [-0.25, -0.2) is 4.98 Å². The normalized spacial score (nSPS) is 20.3. The van der Waals surface area contributed by atoms with Crippen molar-refractivity contribution in [3.8, 4) is 0 Å². The van der Waals surface area contributed by atoms with Gasteiger partial charge >= 0.3 is 0 Å². The maximum atomic E-state index is 12.2. The summed E-state index contributed by atoms with van der Waals surface area (Å²) in [5.41, 5.74) is 6.10. The van der Waals surface area contributed by atoms with Gasteiger partial charge in [-0.3, -0.25) is 9.59 Å². The fourth-order valence-corrected chi connectivity index (χ4v) is 3.24. The number of amides is 2. The third-order valence-corrected chi connectivity index (χ3v) is 4.31. The van der Waals surface area contributed by atoms with Crippen molar-refractivity contribution >= 4 is 53.1 Å². The van der Waals surface area contributed by atoms with Crippen LogP contribution in [0.3, 0.4) is 0 Å². The zero-order valence-corrected chi connectivity index (χ0v) is 14.8. The molecule has 1 fully saturated rings. The minimum atomic E-state index is -0.193. The van der Waals surface area contributed by atoms with E-state index in [-0.39, 0.29) is 42.7 Å². The quantitative estimate of drug-likeness (QED) is 0.758. The van der Waals surface area contributed by atoms with E-state index in [1.54, 1.807) is 5.38 Å². The number of anilines is 1. The van der Waals surface area contributed by atoms with E-state index in [2.05, 4.69) is 15.6 Å². The van der Waals surface area contributed by atoms with Crippen LogP contribution in [0.15, 0.2) is 5.38 Å². The highest BCUT2D eigenvalue weighted by Gasteiger charge is 2.26. The molecule has 1 saturated carbocycles. The first-order chi connectivity index (χ1) is 9.60. The second-order valence-electron chi connectivity index (χ2n) is 5.08. The average Bonchev–Trinajstić information content (AvgIpc) is 2.87. The zero-order valence-electron chi connectivity index (χ0n) is 12.3. The number of hydrogen-bond donors (Lipinski definition) is 3. The Morgan fingerprint density at radius 2 is 2.05 bits per heavy atom. The first kappa shape index (κ1) is 21.1. The Kier molecular flexibility index (Phi) is 9.59. The second kappa shape index (κ2) is 9.99. The molecule has 0 bridgehead atoms. The van der Waals surface area contributed by atoms with Crippen LogP contribution in [0.4, 0.5) is 5.13 Å². The van der Waals surface area contributed by atoms with E-state index in [0.717, 1.165) is 19.3 Å². The number of carbonyl (C=O) groups is 2. The first-order valence-electron chi connectivity index (χ1n) is 6.84. The number of carbonyl (C=O) groups excluding carboxylic acids is 2. The second-order valence-corrected chi connectivity index (χ2v) is 5.94. The highest BCUT2D eigenvalue weighted by atomic mass is 35.5. The van der Waals surface area contributed by atoms with Crippen LogP contribution in [0.5, 0.6) is 0 Å². The van der Waals surface area contributed by atoms with E-state index in [0.29, 0.717) is 23.3 Å². The number of thiazole rings is 1. The van der Waals surface area contributed by atoms with Gasteiger partial charge < -0.3 is 16.4 Å². The van der Waals surface area contributed by atoms with Crippen molar-refractivity contribution in [3.63, 3.8) is 0 Å². The number of rotatable bonds is 4. The molecule has 1 heterocycles. The number of hydrogen-bond acceptors (Lipinski definition) is 5. The van der Waals surface area contributed by atoms with Crippen LogP contribution in [0, 0.1) is 5.92 Å². The molecule has 0 aliphatic heterocycles. The molecular formula is C13H22Cl2N4O2S. The van der Waals surface area contributed by atoms with Crippen LogP contribution in [0.25, 0.3) is 0 Å². The molecule has 126 valence electrons. The van der Waals surface area contributed by atoms with E-state index in [1.807, 2.05) is 0 Å². The zero-order chi connectivity index (χ0) is 14.5. The van der Waals surface area contributed by atoms with E-state index in [4.69, 9.17) is 5.73 Å². The maximum absolute atomic E-state index is 12.2. The lowest BCUT2D eigenvalue weighted by atomic mass is 9.84. The molecular weight excluding hydrogens is 347 g/mol. The van der Waals surface area contributed by atoms with E-state index >= 15 is 0 Å². The number of nitrogens with two attached hydrogens (primary N) is 1. The lowest BCUT2D eigenvalue weighted by Gasteiger charge is -2.31. The molecule has 0 saturated heterocycles. The molecule has 6 nitrogen and oxygen atoms in total. The molecule has 4 N–H and O–H groups in total. The van der Waals surface area contributed by atoms with Gasteiger partial charge in [0.25, 0.3) is 5.91 Å². The number of nitrogens with zero attached hydrogens (tertiary/aromatic N) is 1. The third-order valence-electron chi connectivity index (χ3n) is 3.55. The van der Waals surface area contributed by atoms with Crippen molar-refractivity contribution in [2.24, 2.45) is 11.7 Å². The summed E-state index contributed by atoms with van der Waals surface area (Å²) in [6.45, 7) is 2.01. The van der Waals surface area contributed by atoms with Crippen LogP contribution in [0.1, 0.15) is 43.1 Å². The predicted octanol–water partition coefficient (Wildman–Crippen LogP) is 2.19. The summed E-state index contributed by atoms with van der Waals surface area (Å²) in [6, 6.07) is 0.132. The lowest BCUT2D eigenvalue weighted by Crippen LogP contribution is -2.44. The summed E-state index contributed by atoms with van der Waals surface area (Å²) in [4.78, 5) is 27.2. The Bertz CT molecular complexity index is 498. The fraction of sp³-hybridized carbons (Fsp3) is 0.615. The van der Waals surface area contributed by atoms with Crippen LogP contribution in [-0.2, 0) is 4.79 Å². The summed E-state index contributed by atoms with van der Waals surface area (Å²) < 4.78 is 0. The molecule has 22 heavy (non-hydrogen) atoms. The third kappa shape index (κ3) is 5.72. The van der Waals surface area contributed by atoms with Crippen molar-refractivity contribution in [1.29, 1.82) is 0 Å². The van der Waals surface area contributed by atoms with Gasteiger partial charge in [-0.2, -0.15) is 0 Å². The van der Waals surface area contributed by atoms with Gasteiger partial charge in [0.15, 0.2) is 5.13 Å². The lowest BCUT2D eigenvalue weighted by molar-refractivity contribution is -0.114. The SMILES string of the molecule is CC(=O)Nc1nc(C(=O)NC2CCCCC2CN)cs1.Cl.Cl. The summed E-state index contributed by atoms with van der Waals surface area (Å²) in [5, 5.41) is 7.69. The molecule has 1 aliphatic rings. The standard InChI is InChI=1S/C13H20N4O2S.2ClH/c1-8(18)15-13-17-11(7-20-13)12(19)16-10-5-3-2-4-9(10)6-14;;/h7,9-10H,2-6,14H2,1H3,(H,16,19)(H,15,17,18);2*1H. The van der Waals surface area contributed by atoms with Crippen molar-refractivity contribution in [3.05, 3.63) is 11.1 Å². The Hall–Kier alpha value is -0.890. The van der Waals surface area contributed by atoms with E-state index < -0.39 is 0 Å². The Labute approximate surface area is 146 Å². The van der Waals surface area contributed by atoms with E-state index in [1.165, 1.54) is 24.7 Å². The minimum Gasteiger partial charge on any atom is -0.348 e. The first-order valence-corrected chi connectivity index (χ1v) is 7.72. The summed E-state index contributed by atoms with van der Waals surface area (Å²) in [5.74, 6) is -0.0360. The molecule has 1 aromatic rings. The monoisotopic (exact) mass is 368 g/mol. The van der Waals surface area contributed by atoms with Crippen LogP contribution in [0.2, 0.25) is 0 Å². The van der Waals surface area contributed by atoms with Gasteiger partial charge in [0.2, 0.25) is 5.91 Å². The molecule has 0 aromatic carbocycles. The molecule has 2 rings (SSSR count). The predicted molar refractivity (Wildman–Crippen MR) is 93.2 cm³/mol. The van der Waals surface area contributed by atoms with Crippen LogP contribution in [-0.4, -0.2) is 29.4 Å². The van der Waals surface area contributed by atoms with E-state index in [9.17, 15) is 9.59 Å². The molecule has 0 spiro atoms. The summed E-state index contributed by atoms with van der Waals surface area (Å²) >= 11 is 1.25. The van der Waals surface area contributed by atoms with Gasteiger partial charge in [0.1, 0.15) is 5.69 Å². The smallest absolute Gasteiger partial charge is 0.271 e. The van der Waals surface area contributed by atoms with Crippen molar-refractivity contribution in [2.45, 2.75) is 38.6 Å². The minimum absolute atomic E-state index is 0. The van der Waals surface area contributed by atoms with Gasteiger partial charge in [-0.05, 0) is 25.3 Å².